The normalized spacial score (nSPS) is 19.6. The third-order valence-corrected chi connectivity index (χ3v) is 4.99. The van der Waals surface area contributed by atoms with Crippen LogP contribution in [0, 0.1) is 12.7 Å². The number of nitrogens with zero attached hydrogens (tertiary/aromatic N) is 2. The number of ether oxygens (including phenoxy) is 2. The molecule has 0 radical (unpaired) electrons. The number of benzene rings is 1. The zero-order valence-electron chi connectivity index (χ0n) is 17.2. The van der Waals surface area contributed by atoms with E-state index in [1.54, 1.807) is 19.1 Å². The summed E-state index contributed by atoms with van der Waals surface area (Å²) in [6.07, 6.45) is -0.343. The number of hydrogen-bond acceptors (Lipinski definition) is 7. The molecule has 1 unspecified atom stereocenters. The van der Waals surface area contributed by atoms with Crippen LogP contribution in [0.1, 0.15) is 46.8 Å². The van der Waals surface area contributed by atoms with Crippen molar-refractivity contribution in [3.8, 4) is 5.75 Å². The monoisotopic (exact) mass is 433 g/mol. The van der Waals surface area contributed by atoms with Crippen LogP contribution in [-0.2, 0) is 20.7 Å². The first kappa shape index (κ1) is 22.6. The number of aliphatic carboxylic acids is 1. The van der Waals surface area contributed by atoms with Gasteiger partial charge in [0.25, 0.3) is 5.91 Å². The molecule has 10 heteroatoms. The molecule has 3 N–H and O–H groups in total. The van der Waals surface area contributed by atoms with Crippen molar-refractivity contribution in [1.82, 2.24) is 15.3 Å². The molecule has 1 fully saturated rings. The van der Waals surface area contributed by atoms with Crippen LogP contribution >= 0.6 is 0 Å². The van der Waals surface area contributed by atoms with E-state index in [-0.39, 0.29) is 41.8 Å². The zero-order valence-corrected chi connectivity index (χ0v) is 17.2. The maximum atomic E-state index is 13.1. The number of aromatic hydroxyl groups is 1. The molecule has 3 rings (SSSR count). The van der Waals surface area contributed by atoms with Crippen LogP contribution in [-0.4, -0.2) is 57.6 Å². The number of halogens is 1. The average molecular weight is 433 g/mol. The molecule has 1 aliphatic heterocycles. The summed E-state index contributed by atoms with van der Waals surface area (Å²) in [7, 11) is 0. The van der Waals surface area contributed by atoms with Crippen molar-refractivity contribution >= 4 is 11.9 Å². The van der Waals surface area contributed by atoms with Crippen LogP contribution in [0.4, 0.5) is 4.39 Å². The maximum absolute atomic E-state index is 13.1. The molecule has 31 heavy (non-hydrogen) atoms. The fourth-order valence-corrected chi connectivity index (χ4v) is 3.18. The Labute approximate surface area is 178 Å². The van der Waals surface area contributed by atoms with E-state index in [1.807, 2.05) is 0 Å². The third-order valence-electron chi connectivity index (χ3n) is 4.99. The lowest BCUT2D eigenvalue weighted by molar-refractivity contribution is -0.186. The quantitative estimate of drug-likeness (QED) is 0.604. The summed E-state index contributed by atoms with van der Waals surface area (Å²) in [5, 5.41) is 21.6. The molecule has 1 aromatic heterocycles. The Morgan fingerprint density at radius 2 is 1.87 bits per heavy atom. The molecule has 9 nitrogen and oxygen atoms in total. The van der Waals surface area contributed by atoms with Crippen molar-refractivity contribution in [2.45, 2.75) is 44.9 Å². The molecule has 1 saturated heterocycles. The number of carbonyl (C=O) groups is 2. The Kier molecular flexibility index (Phi) is 7.13. The topological polar surface area (TPSA) is 131 Å². The summed E-state index contributed by atoms with van der Waals surface area (Å²) >= 11 is 0. The van der Waals surface area contributed by atoms with Gasteiger partial charge in [0.1, 0.15) is 17.7 Å². The second kappa shape index (κ2) is 9.80. The second-order valence-corrected chi connectivity index (χ2v) is 7.24. The minimum absolute atomic E-state index is 0.0392. The number of carboxylic acids is 1. The van der Waals surface area contributed by atoms with E-state index in [1.165, 1.54) is 19.1 Å². The first-order valence-electron chi connectivity index (χ1n) is 9.87. The molecule has 2 aromatic rings. The van der Waals surface area contributed by atoms with Gasteiger partial charge >= 0.3 is 5.97 Å². The molecule has 0 aliphatic carbocycles. The van der Waals surface area contributed by atoms with E-state index >= 15 is 0 Å². The van der Waals surface area contributed by atoms with Gasteiger partial charge in [-0.1, -0.05) is 19.1 Å². The first-order chi connectivity index (χ1) is 14.8. The summed E-state index contributed by atoms with van der Waals surface area (Å²) in [5.74, 6) is -2.53. The molecular formula is C21H24FN3O6. The molecule has 2 heterocycles. The van der Waals surface area contributed by atoms with Crippen LogP contribution in [0.15, 0.2) is 24.3 Å². The minimum atomic E-state index is -1.18. The van der Waals surface area contributed by atoms with Crippen LogP contribution < -0.4 is 5.32 Å². The van der Waals surface area contributed by atoms with Crippen molar-refractivity contribution in [3.05, 3.63) is 52.9 Å². The number of hydrogen-bond donors (Lipinski definition) is 3. The van der Waals surface area contributed by atoms with Crippen LogP contribution in [0.25, 0.3) is 0 Å². The lowest BCUT2D eigenvalue weighted by Crippen LogP contribution is -2.40. The standard InChI is InChI=1S/C21H24FN3O6/c1-3-15(21(28)29)24-20(27)18-19(26)11(2)23-16(25-18)8-17-30-9-13(10-31-17)12-4-6-14(22)7-5-12/h4-7,13,15,17,26H,3,8-10H2,1-2H3,(H,24,27)(H,28,29). The summed E-state index contributed by atoms with van der Waals surface area (Å²) < 4.78 is 24.5. The van der Waals surface area contributed by atoms with Gasteiger partial charge in [0.2, 0.25) is 0 Å². The number of amides is 1. The summed E-state index contributed by atoms with van der Waals surface area (Å²) in [6, 6.07) is 5.04. The molecule has 1 amide bonds. The molecule has 1 aliphatic rings. The van der Waals surface area contributed by atoms with Gasteiger partial charge in [0, 0.05) is 5.92 Å². The Morgan fingerprint density at radius 1 is 1.23 bits per heavy atom. The summed E-state index contributed by atoms with van der Waals surface area (Å²) in [6.45, 7) is 3.85. The van der Waals surface area contributed by atoms with Crippen LogP contribution in [0.2, 0.25) is 0 Å². The van der Waals surface area contributed by atoms with Crippen molar-refractivity contribution in [2.24, 2.45) is 0 Å². The Bertz CT molecular complexity index is 945. The minimum Gasteiger partial charge on any atom is -0.504 e. The molecular weight excluding hydrogens is 409 g/mol. The van der Waals surface area contributed by atoms with E-state index < -0.39 is 30.0 Å². The number of aryl methyl sites for hydroxylation is 1. The smallest absolute Gasteiger partial charge is 0.326 e. The molecule has 0 saturated carbocycles. The van der Waals surface area contributed by atoms with Gasteiger partial charge in [-0.3, -0.25) is 4.79 Å². The summed E-state index contributed by atoms with van der Waals surface area (Å²) in [5.41, 5.74) is 0.778. The average Bonchev–Trinajstić information content (AvgIpc) is 2.75. The van der Waals surface area contributed by atoms with Gasteiger partial charge in [-0.2, -0.15) is 0 Å². The van der Waals surface area contributed by atoms with E-state index in [0.29, 0.717) is 13.2 Å². The SMILES string of the molecule is CCC(NC(=O)c1nc(CC2OCC(c3ccc(F)cc3)CO2)nc(C)c1O)C(=O)O. The zero-order chi connectivity index (χ0) is 22.5. The Morgan fingerprint density at radius 3 is 2.45 bits per heavy atom. The van der Waals surface area contributed by atoms with E-state index in [0.717, 1.165) is 5.56 Å². The highest BCUT2D eigenvalue weighted by atomic mass is 19.1. The number of carbonyl (C=O) groups excluding carboxylic acids is 1. The van der Waals surface area contributed by atoms with Gasteiger partial charge in [-0.25, -0.2) is 19.2 Å². The highest BCUT2D eigenvalue weighted by molar-refractivity contribution is 5.97. The number of rotatable bonds is 7. The highest BCUT2D eigenvalue weighted by Crippen LogP contribution is 2.25. The van der Waals surface area contributed by atoms with E-state index in [9.17, 15) is 19.1 Å². The van der Waals surface area contributed by atoms with Crippen LogP contribution in [0.3, 0.4) is 0 Å². The lowest BCUT2D eigenvalue weighted by atomic mass is 10.0. The molecule has 1 atom stereocenters. The van der Waals surface area contributed by atoms with Gasteiger partial charge in [0.05, 0.1) is 25.3 Å². The van der Waals surface area contributed by atoms with Crippen molar-refractivity contribution in [2.75, 3.05) is 13.2 Å². The Hall–Kier alpha value is -3.11. The van der Waals surface area contributed by atoms with E-state index in [4.69, 9.17) is 14.6 Å². The van der Waals surface area contributed by atoms with E-state index in [2.05, 4.69) is 15.3 Å². The predicted molar refractivity (Wildman–Crippen MR) is 106 cm³/mol. The van der Waals surface area contributed by atoms with Crippen molar-refractivity contribution < 1.29 is 33.7 Å². The lowest BCUT2D eigenvalue weighted by Gasteiger charge is -2.29. The predicted octanol–water partition coefficient (Wildman–Crippen LogP) is 1.92. The number of carboxylic acid groups (broad SMARTS) is 1. The third kappa shape index (κ3) is 5.53. The maximum Gasteiger partial charge on any atom is 0.326 e. The first-order valence-corrected chi connectivity index (χ1v) is 9.87. The molecule has 0 spiro atoms. The Balaban J connectivity index is 1.66. The summed E-state index contributed by atoms with van der Waals surface area (Å²) in [4.78, 5) is 31.9. The molecule has 1 aromatic carbocycles. The van der Waals surface area contributed by atoms with Gasteiger partial charge in [0.15, 0.2) is 17.7 Å². The number of nitrogens with one attached hydrogen (secondary N) is 1. The van der Waals surface area contributed by atoms with Gasteiger partial charge < -0.3 is 25.0 Å². The fraction of sp³-hybridized carbons (Fsp3) is 0.429. The largest absolute Gasteiger partial charge is 0.504 e. The van der Waals surface area contributed by atoms with Gasteiger partial charge in [-0.05, 0) is 31.0 Å². The molecule has 0 bridgehead atoms. The van der Waals surface area contributed by atoms with Gasteiger partial charge in [-0.15, -0.1) is 0 Å². The second-order valence-electron chi connectivity index (χ2n) is 7.24. The number of aromatic nitrogens is 2. The van der Waals surface area contributed by atoms with Crippen LogP contribution in [0.5, 0.6) is 5.75 Å². The van der Waals surface area contributed by atoms with Crippen molar-refractivity contribution in [3.63, 3.8) is 0 Å². The molecule has 166 valence electrons. The highest BCUT2D eigenvalue weighted by Gasteiger charge is 2.27. The fourth-order valence-electron chi connectivity index (χ4n) is 3.18. The van der Waals surface area contributed by atoms with Crippen molar-refractivity contribution in [1.29, 1.82) is 0 Å².